The van der Waals surface area contributed by atoms with E-state index in [1.165, 1.54) is 17.7 Å². The van der Waals surface area contributed by atoms with Crippen molar-refractivity contribution in [3.05, 3.63) is 34.1 Å². The summed E-state index contributed by atoms with van der Waals surface area (Å²) in [6, 6.07) is 1.73. The number of nitrogens with zero attached hydrogens (tertiary/aromatic N) is 3. The van der Waals surface area contributed by atoms with Crippen LogP contribution in [0.2, 0.25) is 0 Å². The van der Waals surface area contributed by atoms with E-state index in [0.29, 0.717) is 25.6 Å². The molecule has 20 heavy (non-hydrogen) atoms. The number of hydrogen-bond acceptors (Lipinski definition) is 6. The predicted molar refractivity (Wildman–Crippen MR) is 72.6 cm³/mol. The number of amides is 1. The fourth-order valence-electron chi connectivity index (χ4n) is 2.32. The molecule has 3 rings (SSSR count). The molecule has 2 aromatic rings. The molecule has 6 nitrogen and oxygen atoms in total. The first kappa shape index (κ1) is 13.3. The average Bonchev–Trinajstić information content (AvgIpc) is 3.17. The number of rotatable bonds is 3. The number of ether oxygens (including phenoxy) is 1. The second-order valence-corrected chi connectivity index (χ2v) is 5.42. The Kier molecular flexibility index (Phi) is 3.79. The Bertz CT molecular complexity index is 581. The van der Waals surface area contributed by atoms with Gasteiger partial charge in [-0.25, -0.2) is 0 Å². The van der Waals surface area contributed by atoms with Crippen LogP contribution in [0.5, 0.6) is 0 Å². The molecule has 1 fully saturated rings. The van der Waals surface area contributed by atoms with Crippen LogP contribution >= 0.6 is 11.3 Å². The van der Waals surface area contributed by atoms with E-state index in [9.17, 15) is 4.79 Å². The van der Waals surface area contributed by atoms with Crippen molar-refractivity contribution in [3.63, 3.8) is 0 Å². The van der Waals surface area contributed by atoms with Crippen LogP contribution in [0.1, 0.15) is 34.0 Å². The largest absolute Gasteiger partial charge is 0.377 e. The van der Waals surface area contributed by atoms with Gasteiger partial charge in [0.25, 0.3) is 5.91 Å². The maximum Gasteiger partial charge on any atom is 0.264 e. The summed E-state index contributed by atoms with van der Waals surface area (Å²) in [4.78, 5) is 19.4. The summed E-state index contributed by atoms with van der Waals surface area (Å²) >= 11 is 1.48. The van der Waals surface area contributed by atoms with Gasteiger partial charge in [0.2, 0.25) is 6.39 Å². The lowest BCUT2D eigenvalue weighted by molar-refractivity contribution is -0.00555. The third-order valence-electron chi connectivity index (χ3n) is 3.39. The van der Waals surface area contributed by atoms with Gasteiger partial charge >= 0.3 is 0 Å². The molecule has 7 heteroatoms. The highest BCUT2D eigenvalue weighted by molar-refractivity contribution is 7.12. The van der Waals surface area contributed by atoms with Crippen molar-refractivity contribution < 1.29 is 14.1 Å². The predicted octanol–water partition coefficient (Wildman–Crippen LogP) is 1.91. The molecule has 0 radical (unpaired) electrons. The van der Waals surface area contributed by atoms with Crippen LogP contribution in [0.15, 0.2) is 22.4 Å². The first-order valence-electron chi connectivity index (χ1n) is 6.52. The van der Waals surface area contributed by atoms with Crippen molar-refractivity contribution in [1.29, 1.82) is 0 Å². The highest BCUT2D eigenvalue weighted by Gasteiger charge is 2.33. The van der Waals surface area contributed by atoms with Crippen LogP contribution < -0.4 is 0 Å². The smallest absolute Gasteiger partial charge is 0.264 e. The summed E-state index contributed by atoms with van der Waals surface area (Å²) in [5, 5.41) is 5.79. The van der Waals surface area contributed by atoms with Gasteiger partial charge in [0.05, 0.1) is 18.1 Å². The Balaban J connectivity index is 1.88. The molecule has 0 saturated carbocycles. The number of thiophene rings is 1. The zero-order chi connectivity index (χ0) is 13.9. The summed E-state index contributed by atoms with van der Waals surface area (Å²) in [7, 11) is 0. The van der Waals surface area contributed by atoms with Crippen molar-refractivity contribution in [2.75, 3.05) is 19.8 Å². The summed E-state index contributed by atoms with van der Waals surface area (Å²) in [6.07, 6.45) is 2.12. The van der Waals surface area contributed by atoms with E-state index >= 15 is 0 Å². The van der Waals surface area contributed by atoms with Gasteiger partial charge in [0, 0.05) is 6.54 Å². The molecule has 0 aromatic carbocycles. The van der Waals surface area contributed by atoms with Crippen LogP contribution in [0.25, 0.3) is 0 Å². The highest BCUT2D eigenvalue weighted by Crippen LogP contribution is 2.27. The number of carbonyl (C=O) groups excluding carboxylic acids is 1. The third-order valence-corrected chi connectivity index (χ3v) is 4.33. The number of morpholine rings is 1. The lowest BCUT2D eigenvalue weighted by Crippen LogP contribution is -2.43. The molecule has 106 valence electrons. The van der Waals surface area contributed by atoms with Crippen molar-refractivity contribution >= 4 is 17.2 Å². The minimum absolute atomic E-state index is 0.0231. The maximum absolute atomic E-state index is 12.7. The Morgan fingerprint density at radius 2 is 2.50 bits per heavy atom. The molecule has 2 aromatic heterocycles. The van der Waals surface area contributed by atoms with Crippen LogP contribution in [-0.4, -0.2) is 40.7 Å². The number of carbonyl (C=O) groups is 1. The normalized spacial score (nSPS) is 19.2. The summed E-state index contributed by atoms with van der Waals surface area (Å²) in [6.45, 7) is 3.53. The first-order valence-corrected chi connectivity index (χ1v) is 7.40. The molecule has 1 atom stereocenters. The van der Waals surface area contributed by atoms with E-state index in [2.05, 4.69) is 17.1 Å². The minimum Gasteiger partial charge on any atom is -0.377 e. The van der Waals surface area contributed by atoms with Gasteiger partial charge in [-0.15, -0.1) is 11.3 Å². The van der Waals surface area contributed by atoms with E-state index < -0.39 is 0 Å². The Morgan fingerprint density at radius 1 is 1.60 bits per heavy atom. The Labute approximate surface area is 120 Å². The Morgan fingerprint density at radius 3 is 3.25 bits per heavy atom. The fourth-order valence-corrected chi connectivity index (χ4v) is 3.27. The molecular weight excluding hydrogens is 278 g/mol. The van der Waals surface area contributed by atoms with Crippen LogP contribution in [-0.2, 0) is 11.2 Å². The second-order valence-electron chi connectivity index (χ2n) is 4.51. The van der Waals surface area contributed by atoms with Gasteiger partial charge in [0.1, 0.15) is 6.04 Å². The van der Waals surface area contributed by atoms with Crippen molar-refractivity contribution in [3.8, 4) is 0 Å². The average molecular weight is 293 g/mol. The topological polar surface area (TPSA) is 68.5 Å². The van der Waals surface area contributed by atoms with Gasteiger partial charge in [-0.1, -0.05) is 12.1 Å². The molecule has 1 aliphatic heterocycles. The van der Waals surface area contributed by atoms with E-state index in [4.69, 9.17) is 9.26 Å². The molecule has 1 saturated heterocycles. The summed E-state index contributed by atoms with van der Waals surface area (Å²) in [5.74, 6) is 0.516. The molecule has 0 aliphatic carbocycles. The van der Waals surface area contributed by atoms with Crippen LogP contribution in [0, 0.1) is 0 Å². The van der Waals surface area contributed by atoms with E-state index in [0.717, 1.165) is 16.9 Å². The molecule has 1 amide bonds. The highest BCUT2D eigenvalue weighted by atomic mass is 32.1. The summed E-state index contributed by atoms with van der Waals surface area (Å²) in [5.41, 5.74) is 1.08. The quantitative estimate of drug-likeness (QED) is 0.864. The van der Waals surface area contributed by atoms with Crippen LogP contribution in [0.4, 0.5) is 0 Å². The van der Waals surface area contributed by atoms with Gasteiger partial charge in [-0.05, 0) is 23.4 Å². The molecule has 0 N–H and O–H groups in total. The maximum atomic E-state index is 12.7. The number of hydrogen-bond donors (Lipinski definition) is 0. The van der Waals surface area contributed by atoms with E-state index in [-0.39, 0.29) is 11.9 Å². The van der Waals surface area contributed by atoms with Gasteiger partial charge in [-0.2, -0.15) is 4.98 Å². The van der Waals surface area contributed by atoms with E-state index in [1.807, 2.05) is 11.4 Å². The fraction of sp³-hybridized carbons (Fsp3) is 0.462. The molecular formula is C13H15N3O3S. The first-order chi connectivity index (χ1) is 9.81. The van der Waals surface area contributed by atoms with Crippen molar-refractivity contribution in [1.82, 2.24) is 15.0 Å². The van der Waals surface area contributed by atoms with E-state index in [1.54, 1.807) is 4.90 Å². The molecule has 3 heterocycles. The van der Waals surface area contributed by atoms with Gasteiger partial charge in [-0.3, -0.25) is 4.79 Å². The van der Waals surface area contributed by atoms with Crippen molar-refractivity contribution in [2.24, 2.45) is 0 Å². The standard InChI is InChI=1S/C13H15N3O3S/c1-2-9-3-6-20-11(9)13(17)16-4-5-18-7-10(16)12-14-8-19-15-12/h3,6,8,10H,2,4-5,7H2,1H3. The minimum atomic E-state index is -0.276. The zero-order valence-electron chi connectivity index (χ0n) is 11.1. The molecule has 1 aliphatic rings. The molecule has 0 bridgehead atoms. The lowest BCUT2D eigenvalue weighted by atomic mass is 10.1. The lowest BCUT2D eigenvalue weighted by Gasteiger charge is -2.33. The van der Waals surface area contributed by atoms with Crippen molar-refractivity contribution in [2.45, 2.75) is 19.4 Å². The van der Waals surface area contributed by atoms with Gasteiger partial charge in [0.15, 0.2) is 5.82 Å². The second kappa shape index (κ2) is 5.72. The monoisotopic (exact) mass is 293 g/mol. The number of aryl methyl sites for hydroxylation is 1. The third kappa shape index (κ3) is 2.34. The Hall–Kier alpha value is -1.73. The SMILES string of the molecule is CCc1ccsc1C(=O)N1CCOCC1c1ncon1. The number of aromatic nitrogens is 2. The summed E-state index contributed by atoms with van der Waals surface area (Å²) < 4.78 is 10.2. The molecule has 0 spiro atoms. The van der Waals surface area contributed by atoms with Crippen LogP contribution in [0.3, 0.4) is 0 Å². The van der Waals surface area contributed by atoms with Gasteiger partial charge < -0.3 is 14.2 Å². The molecule has 1 unspecified atom stereocenters. The zero-order valence-corrected chi connectivity index (χ0v) is 11.9.